The molecule has 2 aromatic rings. The number of hydrogen-bond donors (Lipinski definition) is 3. The van der Waals surface area contributed by atoms with Gasteiger partial charge in [0.2, 0.25) is 10.0 Å². The summed E-state index contributed by atoms with van der Waals surface area (Å²) in [6, 6.07) is 5.38. The molecule has 0 amide bonds. The molecule has 1 heterocycles. The average Bonchev–Trinajstić information content (AvgIpc) is 2.44. The van der Waals surface area contributed by atoms with Crippen LogP contribution in [0.4, 0.5) is 0 Å². The molecule has 0 spiro atoms. The van der Waals surface area contributed by atoms with Crippen LogP contribution in [0.5, 0.6) is 0 Å². The highest BCUT2D eigenvalue weighted by molar-refractivity contribution is 7.89. The van der Waals surface area contributed by atoms with Crippen molar-refractivity contribution in [2.75, 3.05) is 0 Å². The lowest BCUT2D eigenvalue weighted by atomic mass is 10.1. The third-order valence-electron chi connectivity index (χ3n) is 3.00. The summed E-state index contributed by atoms with van der Waals surface area (Å²) in [5.74, 6) is -1.34. The molecule has 2 rings (SSSR count). The molecule has 3 N–H and O–H groups in total. The van der Waals surface area contributed by atoms with E-state index < -0.39 is 32.1 Å². The third kappa shape index (κ3) is 3.73. The molecule has 9 nitrogen and oxygen atoms in total. The molecule has 10 heteroatoms. The van der Waals surface area contributed by atoms with Crippen LogP contribution in [0.1, 0.15) is 21.6 Å². The molecule has 0 aliphatic rings. The van der Waals surface area contributed by atoms with Crippen molar-refractivity contribution in [3.05, 3.63) is 61.9 Å². The van der Waals surface area contributed by atoms with Crippen LogP contribution in [0, 0.1) is 6.92 Å². The van der Waals surface area contributed by atoms with E-state index >= 15 is 0 Å². The fourth-order valence-electron chi connectivity index (χ4n) is 1.92. The van der Waals surface area contributed by atoms with Crippen molar-refractivity contribution in [1.29, 1.82) is 0 Å². The highest BCUT2D eigenvalue weighted by atomic mass is 32.2. The summed E-state index contributed by atoms with van der Waals surface area (Å²) in [6.07, 6.45) is 0. The summed E-state index contributed by atoms with van der Waals surface area (Å²) < 4.78 is 26.6. The van der Waals surface area contributed by atoms with Crippen LogP contribution in [0.25, 0.3) is 0 Å². The molecule has 0 saturated heterocycles. The maximum atomic E-state index is 12.2. The van der Waals surface area contributed by atoms with Crippen molar-refractivity contribution < 1.29 is 18.3 Å². The lowest BCUT2D eigenvalue weighted by Crippen LogP contribution is -2.34. The Kier molecular flexibility index (Phi) is 4.48. The van der Waals surface area contributed by atoms with Gasteiger partial charge in [-0.1, -0.05) is 24.3 Å². The Balaban J connectivity index is 2.24. The molecular formula is C13H12N3O6S-. The minimum Gasteiger partial charge on any atom is -0.545 e. The van der Waals surface area contributed by atoms with E-state index in [1.807, 2.05) is 4.98 Å². The SMILES string of the molecule is Cc1[nH]c(=O)[nH]c(=O)c1S(=O)(=O)NCc1ccc(C(=O)[O-])cc1. The molecular weight excluding hydrogens is 326 g/mol. The number of carboxylic acid groups (broad SMARTS) is 1. The third-order valence-corrected chi connectivity index (χ3v) is 4.55. The monoisotopic (exact) mass is 338 g/mol. The molecule has 0 bridgehead atoms. The topological polar surface area (TPSA) is 152 Å². The highest BCUT2D eigenvalue weighted by Gasteiger charge is 2.21. The molecule has 0 radical (unpaired) electrons. The van der Waals surface area contributed by atoms with Gasteiger partial charge in [-0.25, -0.2) is 17.9 Å². The zero-order valence-corrected chi connectivity index (χ0v) is 12.7. The minimum absolute atomic E-state index is 0.0375. The first-order valence-corrected chi connectivity index (χ1v) is 7.82. The number of aryl methyl sites for hydroxylation is 1. The maximum Gasteiger partial charge on any atom is 0.325 e. The van der Waals surface area contributed by atoms with E-state index in [1.165, 1.54) is 31.2 Å². The molecule has 0 fully saturated rings. The van der Waals surface area contributed by atoms with Gasteiger partial charge in [0.05, 0.1) is 5.97 Å². The summed E-state index contributed by atoms with van der Waals surface area (Å²) in [5.41, 5.74) is -1.46. The average molecular weight is 338 g/mol. The van der Waals surface area contributed by atoms with Gasteiger partial charge in [0.15, 0.2) is 4.90 Å². The van der Waals surface area contributed by atoms with Crippen LogP contribution in [-0.4, -0.2) is 24.4 Å². The number of rotatable bonds is 5. The molecule has 1 aromatic carbocycles. The number of H-pyrrole nitrogens is 2. The Bertz CT molecular complexity index is 956. The number of hydrogen-bond acceptors (Lipinski definition) is 6. The first-order chi connectivity index (χ1) is 10.7. The standard InChI is InChI=1S/C13H13N3O6S/c1-7-10(11(17)16-13(20)15-7)23(21,22)14-6-8-2-4-9(5-3-8)12(18)19/h2-5,14H,6H2,1H3,(H,18,19)(H2,15,16,17,20)/p-1. The number of aromatic carboxylic acids is 1. The highest BCUT2D eigenvalue weighted by Crippen LogP contribution is 2.08. The largest absolute Gasteiger partial charge is 0.545 e. The number of aromatic amines is 2. The van der Waals surface area contributed by atoms with E-state index in [9.17, 15) is 27.9 Å². The van der Waals surface area contributed by atoms with Crippen molar-refractivity contribution >= 4 is 16.0 Å². The molecule has 0 atom stereocenters. The van der Waals surface area contributed by atoms with Crippen LogP contribution in [0.3, 0.4) is 0 Å². The predicted octanol–water partition coefficient (Wildman–Crippen LogP) is -1.79. The summed E-state index contributed by atoms with van der Waals surface area (Å²) >= 11 is 0. The molecule has 0 unspecified atom stereocenters. The quantitative estimate of drug-likeness (QED) is 0.585. The van der Waals surface area contributed by atoms with E-state index in [0.29, 0.717) is 5.56 Å². The first-order valence-electron chi connectivity index (χ1n) is 6.34. The number of carboxylic acids is 1. The van der Waals surface area contributed by atoms with Crippen LogP contribution in [-0.2, 0) is 16.6 Å². The number of sulfonamides is 1. The summed E-state index contributed by atoms with van der Waals surface area (Å²) in [5, 5.41) is 10.6. The van der Waals surface area contributed by atoms with Crippen molar-refractivity contribution in [1.82, 2.24) is 14.7 Å². The molecule has 122 valence electrons. The molecule has 0 aliphatic heterocycles. The van der Waals surface area contributed by atoms with Gasteiger partial charge in [0, 0.05) is 12.2 Å². The van der Waals surface area contributed by atoms with Gasteiger partial charge >= 0.3 is 5.69 Å². The number of carbonyl (C=O) groups excluding carboxylic acids is 1. The molecule has 0 aliphatic carbocycles. The fourth-order valence-corrected chi connectivity index (χ4v) is 3.17. The van der Waals surface area contributed by atoms with Crippen molar-refractivity contribution in [3.8, 4) is 0 Å². The Hall–Kier alpha value is -2.72. The molecule has 1 aromatic heterocycles. The van der Waals surface area contributed by atoms with Gasteiger partial charge in [0.25, 0.3) is 5.56 Å². The first kappa shape index (κ1) is 16.6. The Morgan fingerprint density at radius 1 is 1.17 bits per heavy atom. The van der Waals surface area contributed by atoms with Crippen LogP contribution in [0.2, 0.25) is 0 Å². The summed E-state index contributed by atoms with van der Waals surface area (Å²) in [7, 11) is -4.16. The van der Waals surface area contributed by atoms with Crippen molar-refractivity contribution in [2.24, 2.45) is 0 Å². The number of aromatic nitrogens is 2. The Morgan fingerprint density at radius 3 is 2.30 bits per heavy atom. The van der Waals surface area contributed by atoms with Gasteiger partial charge in [-0.2, -0.15) is 0 Å². The second-order valence-corrected chi connectivity index (χ2v) is 6.38. The van der Waals surface area contributed by atoms with Crippen molar-refractivity contribution in [3.63, 3.8) is 0 Å². The van der Waals surface area contributed by atoms with Gasteiger partial charge in [-0.15, -0.1) is 0 Å². The Labute approximate surface area is 130 Å². The second-order valence-electron chi connectivity index (χ2n) is 4.67. The van der Waals surface area contributed by atoms with E-state index in [1.54, 1.807) is 0 Å². The minimum atomic E-state index is -4.16. The van der Waals surface area contributed by atoms with Crippen LogP contribution < -0.4 is 21.1 Å². The molecule has 0 saturated carbocycles. The van der Waals surface area contributed by atoms with Gasteiger partial charge < -0.3 is 14.9 Å². The number of carbonyl (C=O) groups is 1. The van der Waals surface area contributed by atoms with Crippen LogP contribution >= 0.6 is 0 Å². The fraction of sp³-hybridized carbons (Fsp3) is 0.154. The number of nitrogens with one attached hydrogen (secondary N) is 3. The van der Waals surface area contributed by atoms with Gasteiger partial charge in [-0.3, -0.25) is 9.78 Å². The lowest BCUT2D eigenvalue weighted by Gasteiger charge is -2.09. The van der Waals surface area contributed by atoms with E-state index in [4.69, 9.17) is 0 Å². The van der Waals surface area contributed by atoms with E-state index in [-0.39, 0.29) is 17.8 Å². The number of benzene rings is 1. The molecule has 23 heavy (non-hydrogen) atoms. The zero-order chi connectivity index (χ0) is 17.2. The lowest BCUT2D eigenvalue weighted by molar-refractivity contribution is -0.255. The summed E-state index contributed by atoms with van der Waals surface area (Å²) in [4.78, 5) is 36.8. The second kappa shape index (κ2) is 6.18. The smallest absolute Gasteiger partial charge is 0.325 e. The zero-order valence-electron chi connectivity index (χ0n) is 11.9. The predicted molar refractivity (Wildman–Crippen MR) is 77.2 cm³/mol. The van der Waals surface area contributed by atoms with Gasteiger partial charge in [0.1, 0.15) is 0 Å². The maximum absolute atomic E-state index is 12.2. The van der Waals surface area contributed by atoms with E-state index in [2.05, 4.69) is 9.71 Å². The van der Waals surface area contributed by atoms with E-state index in [0.717, 1.165) is 0 Å². The van der Waals surface area contributed by atoms with Crippen molar-refractivity contribution in [2.45, 2.75) is 18.4 Å². The summed E-state index contributed by atoms with van der Waals surface area (Å²) in [6.45, 7) is 1.13. The van der Waals surface area contributed by atoms with Crippen LogP contribution in [0.15, 0.2) is 38.8 Å². The Morgan fingerprint density at radius 2 is 1.78 bits per heavy atom. The normalized spacial score (nSPS) is 11.3. The van der Waals surface area contributed by atoms with Gasteiger partial charge in [-0.05, 0) is 18.1 Å².